The highest BCUT2D eigenvalue weighted by atomic mass is 32.2. The molecule has 0 fully saturated rings. The Morgan fingerprint density at radius 1 is 1.00 bits per heavy atom. The fourth-order valence-electron chi connectivity index (χ4n) is 3.79. The number of carbonyl (C=O) groups excluding carboxylic acids is 1. The van der Waals surface area contributed by atoms with E-state index in [1.807, 2.05) is 30.3 Å². The molecule has 188 valence electrons. The number of nitrogens with one attached hydrogen (secondary N) is 1. The summed E-state index contributed by atoms with van der Waals surface area (Å²) in [7, 11) is -4.19. The molecule has 0 saturated carbocycles. The van der Waals surface area contributed by atoms with Gasteiger partial charge in [0.25, 0.3) is 21.6 Å². The molecule has 3 aromatic carbocycles. The number of sulfonamides is 1. The zero-order valence-electron chi connectivity index (χ0n) is 20.3. The maximum absolute atomic E-state index is 13.4. The van der Waals surface area contributed by atoms with Crippen molar-refractivity contribution in [2.24, 2.45) is 5.10 Å². The Labute approximate surface area is 210 Å². The lowest BCUT2D eigenvalue weighted by molar-refractivity contribution is -0.384. The van der Waals surface area contributed by atoms with Gasteiger partial charge in [-0.25, -0.2) is 13.8 Å². The number of hydrogen-bond acceptors (Lipinski definition) is 6. The summed E-state index contributed by atoms with van der Waals surface area (Å²) in [5.41, 5.74) is 3.68. The van der Waals surface area contributed by atoms with Gasteiger partial charge >= 0.3 is 0 Å². The molecule has 3 rings (SSSR count). The zero-order valence-corrected chi connectivity index (χ0v) is 21.1. The van der Waals surface area contributed by atoms with Crippen LogP contribution >= 0.6 is 0 Å². The van der Waals surface area contributed by atoms with Crippen LogP contribution in [0.4, 0.5) is 11.4 Å². The van der Waals surface area contributed by atoms with E-state index in [2.05, 4.69) is 24.4 Å². The van der Waals surface area contributed by atoms with Crippen LogP contribution in [0.2, 0.25) is 0 Å². The van der Waals surface area contributed by atoms with Crippen LogP contribution in [0, 0.1) is 10.1 Å². The Morgan fingerprint density at radius 3 is 2.22 bits per heavy atom. The Hall–Kier alpha value is -4.05. The van der Waals surface area contributed by atoms with E-state index in [1.54, 1.807) is 25.1 Å². The van der Waals surface area contributed by atoms with Crippen LogP contribution in [-0.4, -0.2) is 31.5 Å². The van der Waals surface area contributed by atoms with E-state index < -0.39 is 27.4 Å². The maximum atomic E-state index is 13.4. The van der Waals surface area contributed by atoms with Gasteiger partial charge in [-0.15, -0.1) is 0 Å². The number of nitro groups is 1. The molecular formula is C26H28N4O5S. The van der Waals surface area contributed by atoms with E-state index in [4.69, 9.17) is 0 Å². The molecule has 1 N–H and O–H groups in total. The van der Waals surface area contributed by atoms with Crippen LogP contribution < -0.4 is 9.73 Å². The fourth-order valence-corrected chi connectivity index (χ4v) is 5.22. The van der Waals surface area contributed by atoms with Crippen LogP contribution in [-0.2, 0) is 20.2 Å². The average Bonchev–Trinajstić information content (AvgIpc) is 2.87. The number of benzene rings is 3. The monoisotopic (exact) mass is 508 g/mol. The first-order chi connectivity index (χ1) is 17.0. The minimum absolute atomic E-state index is 0.00545. The molecule has 0 aliphatic carbocycles. The number of nitro benzene ring substituents is 1. The summed E-state index contributed by atoms with van der Waals surface area (Å²) in [5.74, 6) is -0.683. The number of anilines is 1. The molecule has 0 aromatic heterocycles. The van der Waals surface area contributed by atoms with Gasteiger partial charge in [-0.1, -0.05) is 68.4 Å². The maximum Gasteiger partial charge on any atom is 0.271 e. The predicted octanol–water partition coefficient (Wildman–Crippen LogP) is 4.65. The van der Waals surface area contributed by atoms with Gasteiger partial charge in [-0.05, 0) is 42.5 Å². The normalized spacial score (nSPS) is 12.1. The number of rotatable bonds is 10. The molecule has 0 atom stereocenters. The van der Waals surface area contributed by atoms with Crippen molar-refractivity contribution in [2.45, 2.75) is 37.5 Å². The summed E-state index contributed by atoms with van der Waals surface area (Å²) in [5, 5.41) is 15.4. The Morgan fingerprint density at radius 2 is 1.61 bits per heavy atom. The van der Waals surface area contributed by atoms with Crippen molar-refractivity contribution in [3.05, 3.63) is 101 Å². The topological polar surface area (TPSA) is 122 Å². The Kier molecular flexibility index (Phi) is 8.21. The second kappa shape index (κ2) is 11.1. The third-order valence-electron chi connectivity index (χ3n) is 5.57. The van der Waals surface area contributed by atoms with Crippen molar-refractivity contribution < 1.29 is 18.1 Å². The first-order valence-corrected chi connectivity index (χ1v) is 12.6. The number of carbonyl (C=O) groups is 1. The highest BCUT2D eigenvalue weighted by molar-refractivity contribution is 7.92. The van der Waals surface area contributed by atoms with Gasteiger partial charge in [0.1, 0.15) is 6.54 Å². The molecule has 1 amide bonds. The molecule has 0 unspecified atom stereocenters. The molecule has 0 heterocycles. The third-order valence-corrected chi connectivity index (χ3v) is 7.36. The molecule has 0 spiro atoms. The van der Waals surface area contributed by atoms with Crippen LogP contribution in [0.5, 0.6) is 0 Å². The minimum Gasteiger partial charge on any atom is -0.271 e. The van der Waals surface area contributed by atoms with Crippen molar-refractivity contribution in [3.63, 3.8) is 0 Å². The molecule has 0 radical (unpaired) electrons. The number of amides is 1. The van der Waals surface area contributed by atoms with Crippen molar-refractivity contribution in [2.75, 3.05) is 10.8 Å². The summed E-state index contributed by atoms with van der Waals surface area (Å²) in [4.78, 5) is 23.4. The van der Waals surface area contributed by atoms with Crippen LogP contribution in [0.25, 0.3) is 0 Å². The number of non-ortho nitro benzene ring substituents is 1. The molecule has 0 saturated heterocycles. The number of hydrogen-bond donors (Lipinski definition) is 1. The van der Waals surface area contributed by atoms with Gasteiger partial charge in [0.15, 0.2) is 0 Å². The van der Waals surface area contributed by atoms with E-state index in [9.17, 15) is 23.3 Å². The Balaban J connectivity index is 1.83. The average molecular weight is 509 g/mol. The summed E-state index contributed by atoms with van der Waals surface area (Å²) in [6, 6.07) is 22.6. The zero-order chi connectivity index (χ0) is 26.3. The molecule has 10 heteroatoms. The van der Waals surface area contributed by atoms with Crippen molar-refractivity contribution in [3.8, 4) is 0 Å². The van der Waals surface area contributed by atoms with Crippen LogP contribution in [0.3, 0.4) is 0 Å². The van der Waals surface area contributed by atoms with Crippen molar-refractivity contribution in [1.82, 2.24) is 5.43 Å². The van der Waals surface area contributed by atoms with Gasteiger partial charge in [0, 0.05) is 17.8 Å². The largest absolute Gasteiger partial charge is 0.271 e. The van der Waals surface area contributed by atoms with Crippen LogP contribution in [0.1, 0.15) is 32.8 Å². The highest BCUT2D eigenvalue weighted by Crippen LogP contribution is 2.28. The molecule has 36 heavy (non-hydrogen) atoms. The SMILES string of the molecule is C/C(CC(C)(C)c1ccccc1)=N/NC(=O)CN(c1cccc([N+](=O)[O-])c1)S(=O)(=O)c1ccccc1. The fraction of sp³-hybridized carbons (Fsp3) is 0.231. The molecule has 0 aliphatic heterocycles. The summed E-state index contributed by atoms with van der Waals surface area (Å²) < 4.78 is 27.6. The molecule has 0 aliphatic rings. The van der Waals surface area contributed by atoms with E-state index >= 15 is 0 Å². The molecule has 0 bridgehead atoms. The molecule has 3 aromatic rings. The minimum atomic E-state index is -4.19. The lowest BCUT2D eigenvalue weighted by Gasteiger charge is -2.25. The van der Waals surface area contributed by atoms with E-state index in [0.717, 1.165) is 15.9 Å². The van der Waals surface area contributed by atoms with Gasteiger partial charge in [-0.3, -0.25) is 19.2 Å². The summed E-state index contributed by atoms with van der Waals surface area (Å²) in [6.07, 6.45) is 0.564. The van der Waals surface area contributed by atoms with Gasteiger partial charge in [0.2, 0.25) is 0 Å². The second-order valence-corrected chi connectivity index (χ2v) is 10.8. The van der Waals surface area contributed by atoms with E-state index in [-0.39, 0.29) is 21.7 Å². The van der Waals surface area contributed by atoms with E-state index in [0.29, 0.717) is 12.1 Å². The predicted molar refractivity (Wildman–Crippen MR) is 139 cm³/mol. The van der Waals surface area contributed by atoms with Crippen molar-refractivity contribution in [1.29, 1.82) is 0 Å². The molecule has 9 nitrogen and oxygen atoms in total. The standard InChI is InChI=1S/C26H28N4O5S/c1-20(18-26(2,3)21-11-6-4-7-12-21)27-28-25(31)19-29(22-13-10-14-23(17-22)30(32)33)36(34,35)24-15-8-5-9-16-24/h4-17H,18-19H2,1-3H3,(H,28,31)/b27-20-. The third kappa shape index (κ3) is 6.54. The first-order valence-electron chi connectivity index (χ1n) is 11.2. The summed E-state index contributed by atoms with van der Waals surface area (Å²) in [6.45, 7) is 5.31. The van der Waals surface area contributed by atoms with Gasteiger partial charge < -0.3 is 0 Å². The van der Waals surface area contributed by atoms with E-state index in [1.165, 1.54) is 30.3 Å². The second-order valence-electron chi connectivity index (χ2n) is 8.91. The first kappa shape index (κ1) is 26.6. The smallest absolute Gasteiger partial charge is 0.271 e. The lowest BCUT2D eigenvalue weighted by Crippen LogP contribution is -2.39. The molecular weight excluding hydrogens is 480 g/mol. The Bertz CT molecular complexity index is 1360. The van der Waals surface area contributed by atoms with Crippen LogP contribution in [0.15, 0.2) is 94.9 Å². The quantitative estimate of drug-likeness (QED) is 0.243. The van der Waals surface area contributed by atoms with Gasteiger partial charge in [-0.2, -0.15) is 5.10 Å². The van der Waals surface area contributed by atoms with Crippen molar-refractivity contribution >= 4 is 33.0 Å². The summed E-state index contributed by atoms with van der Waals surface area (Å²) >= 11 is 0. The highest BCUT2D eigenvalue weighted by Gasteiger charge is 2.28. The lowest BCUT2D eigenvalue weighted by atomic mass is 9.80. The number of hydrazone groups is 1. The van der Waals surface area contributed by atoms with Gasteiger partial charge in [0.05, 0.1) is 15.5 Å². The number of nitrogens with zero attached hydrogens (tertiary/aromatic N) is 3.